The first-order valence-electron chi connectivity index (χ1n) is 9.10. The van der Waals surface area contributed by atoms with Crippen LogP contribution < -0.4 is 15.2 Å². The summed E-state index contributed by atoms with van der Waals surface area (Å²) in [4.78, 5) is 29.0. The molecule has 2 aromatic carbocycles. The highest BCUT2D eigenvalue weighted by atomic mass is 32.2. The molecule has 142 valence electrons. The van der Waals surface area contributed by atoms with E-state index in [1.807, 2.05) is 36.6 Å². The van der Waals surface area contributed by atoms with Crippen molar-refractivity contribution in [2.24, 2.45) is 0 Å². The molecule has 2 aliphatic heterocycles. The second-order valence-electron chi connectivity index (χ2n) is 6.89. The molecule has 0 saturated carbocycles. The molecule has 0 atom stereocenters. The summed E-state index contributed by atoms with van der Waals surface area (Å²) < 4.78 is 7.26. The third kappa shape index (κ3) is 2.36. The maximum absolute atomic E-state index is 13.3. The zero-order chi connectivity index (χ0) is 19.4. The van der Waals surface area contributed by atoms with E-state index < -0.39 is 11.5 Å². The van der Waals surface area contributed by atoms with Crippen LogP contribution in [-0.4, -0.2) is 35.0 Å². The minimum absolute atomic E-state index is 0.171. The topological polar surface area (TPSA) is 71.8 Å². The number of rotatable bonds is 2. The Bertz CT molecular complexity index is 1200. The molecule has 28 heavy (non-hydrogen) atoms. The Morgan fingerprint density at radius 1 is 1.21 bits per heavy atom. The molecule has 6 nitrogen and oxygen atoms in total. The summed E-state index contributed by atoms with van der Waals surface area (Å²) in [7, 11) is 0. The average molecular weight is 394 g/mol. The zero-order valence-electron chi connectivity index (χ0n) is 15.3. The second-order valence-corrected chi connectivity index (χ2v) is 7.77. The summed E-state index contributed by atoms with van der Waals surface area (Å²) in [5.41, 5.74) is 1.77. The first-order valence-corrected chi connectivity index (χ1v) is 10.3. The monoisotopic (exact) mass is 394 g/mol. The number of fused-ring (bicyclic) bond motifs is 1. The molecule has 2 aliphatic rings. The highest BCUT2D eigenvalue weighted by molar-refractivity contribution is 7.98. The first kappa shape index (κ1) is 17.2. The van der Waals surface area contributed by atoms with Crippen LogP contribution in [0.4, 0.5) is 5.69 Å². The number of nitrogens with zero attached hydrogens (tertiary/aromatic N) is 2. The van der Waals surface area contributed by atoms with Gasteiger partial charge in [0.2, 0.25) is 0 Å². The van der Waals surface area contributed by atoms with Gasteiger partial charge in [-0.2, -0.15) is 0 Å². The van der Waals surface area contributed by atoms with Crippen LogP contribution in [0.25, 0.3) is 10.9 Å². The number of aromatic hydroxyl groups is 1. The van der Waals surface area contributed by atoms with Crippen LogP contribution in [0.15, 0.2) is 46.1 Å². The van der Waals surface area contributed by atoms with E-state index in [0.29, 0.717) is 36.3 Å². The van der Waals surface area contributed by atoms with Crippen molar-refractivity contribution in [2.75, 3.05) is 24.3 Å². The van der Waals surface area contributed by atoms with Crippen LogP contribution in [0.1, 0.15) is 15.9 Å². The van der Waals surface area contributed by atoms with E-state index in [0.717, 1.165) is 22.6 Å². The third-order valence-electron chi connectivity index (χ3n) is 5.42. The fourth-order valence-corrected chi connectivity index (χ4v) is 4.54. The number of pyridine rings is 1. The van der Waals surface area contributed by atoms with Crippen molar-refractivity contribution in [1.29, 1.82) is 0 Å². The molecular formula is C21H18N2O4S. The standard InChI is InChI=1S/C21H18N2O4S/c1-28-13-10-14-18-16(11-13)27-9-8-23(18)21(26)17(19(14)24)20(25)22-7-6-12-4-2-3-5-15(12)22/h2-5,10-11,24H,6-9H2,1H3. The predicted octanol–water partition coefficient (Wildman–Crippen LogP) is 3.02. The molecular weight excluding hydrogens is 376 g/mol. The van der Waals surface area contributed by atoms with Gasteiger partial charge < -0.3 is 19.3 Å². The van der Waals surface area contributed by atoms with Gasteiger partial charge in [-0.25, -0.2) is 0 Å². The molecule has 3 aromatic rings. The molecule has 0 spiro atoms. The van der Waals surface area contributed by atoms with Gasteiger partial charge in [-0.15, -0.1) is 11.8 Å². The van der Waals surface area contributed by atoms with E-state index in [1.165, 1.54) is 11.8 Å². The van der Waals surface area contributed by atoms with Gasteiger partial charge in [0.25, 0.3) is 11.5 Å². The highest BCUT2D eigenvalue weighted by Gasteiger charge is 2.32. The fourth-order valence-electron chi connectivity index (χ4n) is 4.08. The number of aromatic nitrogens is 1. The molecule has 0 aliphatic carbocycles. The van der Waals surface area contributed by atoms with Crippen molar-refractivity contribution in [3.8, 4) is 11.5 Å². The predicted molar refractivity (Wildman–Crippen MR) is 109 cm³/mol. The van der Waals surface area contributed by atoms with Gasteiger partial charge in [0.05, 0.1) is 12.1 Å². The van der Waals surface area contributed by atoms with Crippen molar-refractivity contribution >= 4 is 34.3 Å². The Morgan fingerprint density at radius 3 is 2.86 bits per heavy atom. The Hall–Kier alpha value is -2.93. The van der Waals surface area contributed by atoms with E-state index in [1.54, 1.807) is 15.5 Å². The third-order valence-corrected chi connectivity index (χ3v) is 6.13. The quantitative estimate of drug-likeness (QED) is 0.677. The number of ether oxygens (including phenoxy) is 1. The van der Waals surface area contributed by atoms with Gasteiger partial charge in [0.15, 0.2) is 0 Å². The van der Waals surface area contributed by atoms with Crippen LogP contribution in [0.2, 0.25) is 0 Å². The van der Waals surface area contributed by atoms with Gasteiger partial charge in [0.1, 0.15) is 23.7 Å². The van der Waals surface area contributed by atoms with Crippen molar-refractivity contribution in [1.82, 2.24) is 4.57 Å². The number of hydrogen-bond donors (Lipinski definition) is 1. The number of carbonyl (C=O) groups excluding carboxylic acids is 1. The lowest BCUT2D eigenvalue weighted by atomic mass is 10.1. The van der Waals surface area contributed by atoms with Crippen LogP contribution >= 0.6 is 11.8 Å². The van der Waals surface area contributed by atoms with Crippen LogP contribution in [0, 0.1) is 0 Å². The van der Waals surface area contributed by atoms with E-state index in [9.17, 15) is 14.7 Å². The maximum Gasteiger partial charge on any atom is 0.267 e. The van der Waals surface area contributed by atoms with Gasteiger partial charge in [-0.1, -0.05) is 18.2 Å². The molecule has 0 unspecified atom stereocenters. The van der Waals surface area contributed by atoms with Crippen LogP contribution in [0.3, 0.4) is 0 Å². The van der Waals surface area contributed by atoms with Crippen LogP contribution in [0.5, 0.6) is 11.5 Å². The molecule has 7 heteroatoms. The minimum Gasteiger partial charge on any atom is -0.506 e. The van der Waals surface area contributed by atoms with E-state index in [2.05, 4.69) is 0 Å². The Labute approximate surface area is 165 Å². The summed E-state index contributed by atoms with van der Waals surface area (Å²) >= 11 is 1.51. The Kier molecular flexibility index (Phi) is 3.87. The number of benzene rings is 2. The molecule has 0 fully saturated rings. The number of para-hydroxylation sites is 1. The van der Waals surface area contributed by atoms with Crippen molar-refractivity contribution in [3.05, 3.63) is 57.9 Å². The fraction of sp³-hybridized carbons (Fsp3) is 0.238. The molecule has 1 amide bonds. The smallest absolute Gasteiger partial charge is 0.267 e. The SMILES string of the molecule is CSc1cc2c3c(c1)c(O)c(C(=O)N1CCc4ccccc41)c(=O)n3CCO2. The number of amides is 1. The van der Waals surface area contributed by atoms with E-state index in [-0.39, 0.29) is 11.3 Å². The Balaban J connectivity index is 1.75. The van der Waals surface area contributed by atoms with E-state index >= 15 is 0 Å². The molecule has 5 rings (SSSR count). The number of carbonyl (C=O) groups is 1. The number of thioether (sulfide) groups is 1. The molecule has 3 heterocycles. The van der Waals surface area contributed by atoms with Gasteiger partial charge in [-0.05, 0) is 36.4 Å². The molecule has 1 aromatic heterocycles. The first-order chi connectivity index (χ1) is 13.6. The molecule has 0 bridgehead atoms. The average Bonchev–Trinajstić information content (AvgIpc) is 3.15. The van der Waals surface area contributed by atoms with E-state index in [4.69, 9.17) is 4.74 Å². The number of hydrogen-bond acceptors (Lipinski definition) is 5. The van der Waals surface area contributed by atoms with Gasteiger partial charge >= 0.3 is 0 Å². The summed E-state index contributed by atoms with van der Waals surface area (Å²) in [6.07, 6.45) is 2.66. The molecule has 1 N–H and O–H groups in total. The molecule has 0 radical (unpaired) electrons. The summed E-state index contributed by atoms with van der Waals surface area (Å²) in [5.74, 6) is -0.167. The highest BCUT2D eigenvalue weighted by Crippen LogP contribution is 2.39. The maximum atomic E-state index is 13.3. The van der Waals surface area contributed by atoms with Gasteiger partial charge in [-0.3, -0.25) is 9.59 Å². The van der Waals surface area contributed by atoms with Crippen molar-refractivity contribution in [2.45, 2.75) is 17.9 Å². The van der Waals surface area contributed by atoms with Gasteiger partial charge in [0, 0.05) is 22.5 Å². The lowest BCUT2D eigenvalue weighted by Crippen LogP contribution is -2.37. The molecule has 0 saturated heterocycles. The Morgan fingerprint density at radius 2 is 2.04 bits per heavy atom. The van der Waals surface area contributed by atoms with Crippen LogP contribution in [-0.2, 0) is 13.0 Å². The van der Waals surface area contributed by atoms with Crippen molar-refractivity contribution in [3.63, 3.8) is 0 Å². The minimum atomic E-state index is -0.471. The zero-order valence-corrected chi connectivity index (χ0v) is 16.1. The summed E-state index contributed by atoms with van der Waals surface area (Å²) in [5, 5.41) is 11.4. The lowest BCUT2D eigenvalue weighted by Gasteiger charge is -2.24. The van der Waals surface area contributed by atoms with Crippen molar-refractivity contribution < 1.29 is 14.6 Å². The summed E-state index contributed by atoms with van der Waals surface area (Å²) in [6.45, 7) is 1.19. The lowest BCUT2D eigenvalue weighted by molar-refractivity contribution is 0.0984. The largest absolute Gasteiger partial charge is 0.506 e. The normalized spacial score (nSPS) is 14.8. The summed E-state index contributed by atoms with van der Waals surface area (Å²) in [6, 6.07) is 11.3. The second kappa shape index (κ2) is 6.31. The number of anilines is 1.